The number of benzene rings is 1. The summed E-state index contributed by atoms with van der Waals surface area (Å²) in [5.74, 6) is 0. The van der Waals surface area contributed by atoms with E-state index in [1.165, 1.54) is 4.31 Å². The molecule has 0 saturated carbocycles. The van der Waals surface area contributed by atoms with Crippen molar-refractivity contribution in [2.45, 2.75) is 31.6 Å². The third-order valence-electron chi connectivity index (χ3n) is 3.90. The van der Waals surface area contributed by atoms with Gasteiger partial charge >= 0.3 is 6.03 Å². The summed E-state index contributed by atoms with van der Waals surface area (Å²) in [7, 11) is -3.50. The van der Waals surface area contributed by atoms with Crippen molar-refractivity contribution in [1.82, 2.24) is 14.5 Å². The monoisotopic (exact) mass is 339 g/mol. The second-order valence-electron chi connectivity index (χ2n) is 5.79. The van der Waals surface area contributed by atoms with E-state index in [9.17, 15) is 13.2 Å². The first kappa shape index (κ1) is 17.7. The van der Waals surface area contributed by atoms with E-state index in [-0.39, 0.29) is 6.03 Å². The van der Waals surface area contributed by atoms with Crippen molar-refractivity contribution < 1.29 is 13.2 Å². The number of rotatable bonds is 4. The zero-order chi connectivity index (χ0) is 16.9. The predicted octanol–water partition coefficient (Wildman–Crippen LogP) is 1.81. The Hall–Kier alpha value is -1.60. The summed E-state index contributed by atoms with van der Waals surface area (Å²) in [5.41, 5.74) is 0.918. The van der Waals surface area contributed by atoms with Gasteiger partial charge in [0.1, 0.15) is 0 Å². The van der Waals surface area contributed by atoms with Gasteiger partial charge in [0.25, 0.3) is 0 Å². The maximum absolute atomic E-state index is 12.7. The molecule has 128 valence electrons. The summed E-state index contributed by atoms with van der Waals surface area (Å²) in [6, 6.07) is 6.83. The van der Waals surface area contributed by atoms with E-state index in [0.29, 0.717) is 44.0 Å². The minimum atomic E-state index is -3.50. The Kier molecular flexibility index (Phi) is 6.01. The summed E-state index contributed by atoms with van der Waals surface area (Å²) in [5, 5.41) is 2.84. The number of amides is 2. The molecule has 1 heterocycles. The largest absolute Gasteiger partial charge is 0.338 e. The quantitative estimate of drug-likeness (QED) is 0.909. The maximum atomic E-state index is 12.7. The van der Waals surface area contributed by atoms with Crippen LogP contribution in [0.4, 0.5) is 4.79 Å². The van der Waals surface area contributed by atoms with Crippen molar-refractivity contribution >= 4 is 16.1 Å². The number of carbonyl (C=O) groups excluding carboxylic acids is 1. The van der Waals surface area contributed by atoms with E-state index in [1.54, 1.807) is 23.1 Å². The van der Waals surface area contributed by atoms with Crippen molar-refractivity contribution in [3.05, 3.63) is 29.8 Å². The number of hydrogen-bond acceptors (Lipinski definition) is 3. The SMILES string of the molecule is CCCNC(=O)N1CCCN(S(=O)(=O)c2cccc(C)c2)CC1. The molecule has 0 radical (unpaired) electrons. The number of hydrogen-bond donors (Lipinski definition) is 1. The summed E-state index contributed by atoms with van der Waals surface area (Å²) in [4.78, 5) is 14.0. The van der Waals surface area contributed by atoms with Crippen LogP contribution in [0.5, 0.6) is 0 Å². The van der Waals surface area contributed by atoms with Crippen LogP contribution < -0.4 is 5.32 Å². The predicted molar refractivity (Wildman–Crippen MR) is 89.8 cm³/mol. The molecular weight excluding hydrogens is 314 g/mol. The number of nitrogens with one attached hydrogen (secondary N) is 1. The zero-order valence-electron chi connectivity index (χ0n) is 13.8. The third-order valence-corrected chi connectivity index (χ3v) is 5.79. The molecule has 2 rings (SSSR count). The number of aryl methyl sites for hydroxylation is 1. The fraction of sp³-hybridized carbons (Fsp3) is 0.562. The van der Waals surface area contributed by atoms with E-state index in [2.05, 4.69) is 5.32 Å². The van der Waals surface area contributed by atoms with Crippen molar-refractivity contribution in [2.24, 2.45) is 0 Å². The van der Waals surface area contributed by atoms with Gasteiger partial charge in [-0.2, -0.15) is 4.31 Å². The maximum Gasteiger partial charge on any atom is 0.317 e. The Labute approximate surface area is 138 Å². The molecule has 0 spiro atoms. The van der Waals surface area contributed by atoms with E-state index in [0.717, 1.165) is 12.0 Å². The smallest absolute Gasteiger partial charge is 0.317 e. The van der Waals surface area contributed by atoms with Crippen LogP contribution in [-0.2, 0) is 10.0 Å². The molecule has 23 heavy (non-hydrogen) atoms. The molecular formula is C16H25N3O3S. The molecule has 1 aliphatic rings. The zero-order valence-corrected chi connectivity index (χ0v) is 14.6. The van der Waals surface area contributed by atoms with Crippen LogP contribution >= 0.6 is 0 Å². The molecule has 6 nitrogen and oxygen atoms in total. The van der Waals surface area contributed by atoms with Gasteiger partial charge in [-0.25, -0.2) is 13.2 Å². The lowest BCUT2D eigenvalue weighted by atomic mass is 10.2. The van der Waals surface area contributed by atoms with Gasteiger partial charge in [-0.3, -0.25) is 0 Å². The lowest BCUT2D eigenvalue weighted by Gasteiger charge is -2.22. The van der Waals surface area contributed by atoms with Crippen LogP contribution in [0.3, 0.4) is 0 Å². The van der Waals surface area contributed by atoms with Gasteiger partial charge in [-0.1, -0.05) is 19.1 Å². The highest BCUT2D eigenvalue weighted by Gasteiger charge is 2.28. The molecule has 1 aromatic carbocycles. The molecule has 1 saturated heterocycles. The summed E-state index contributed by atoms with van der Waals surface area (Å²) < 4.78 is 27.0. The molecule has 1 aliphatic heterocycles. The van der Waals surface area contributed by atoms with Crippen LogP contribution in [0, 0.1) is 6.92 Å². The second kappa shape index (κ2) is 7.79. The number of urea groups is 1. The fourth-order valence-electron chi connectivity index (χ4n) is 2.61. The average molecular weight is 339 g/mol. The van der Waals surface area contributed by atoms with Crippen LogP contribution in [0.1, 0.15) is 25.3 Å². The Balaban J connectivity index is 2.06. The molecule has 1 aromatic rings. The Bertz CT molecular complexity index is 646. The third kappa shape index (κ3) is 4.45. The standard InChI is InChI=1S/C16H25N3O3S/c1-3-8-17-16(20)18-9-5-10-19(12-11-18)23(21,22)15-7-4-6-14(2)13-15/h4,6-7,13H,3,5,8-12H2,1-2H3,(H,17,20). The first-order chi connectivity index (χ1) is 10.9. The number of sulfonamides is 1. The minimum Gasteiger partial charge on any atom is -0.338 e. The molecule has 0 unspecified atom stereocenters. The highest BCUT2D eigenvalue weighted by Crippen LogP contribution is 2.18. The topological polar surface area (TPSA) is 69.7 Å². The molecule has 0 aromatic heterocycles. The van der Waals surface area contributed by atoms with Crippen LogP contribution in [0.15, 0.2) is 29.2 Å². The van der Waals surface area contributed by atoms with Gasteiger partial charge in [-0.15, -0.1) is 0 Å². The van der Waals surface area contributed by atoms with Crippen molar-refractivity contribution in [1.29, 1.82) is 0 Å². The first-order valence-corrected chi connectivity index (χ1v) is 9.48. The molecule has 0 bridgehead atoms. The van der Waals surface area contributed by atoms with Crippen LogP contribution in [0.2, 0.25) is 0 Å². The molecule has 7 heteroatoms. The average Bonchev–Trinajstić information content (AvgIpc) is 2.79. The van der Waals surface area contributed by atoms with Crippen LogP contribution in [0.25, 0.3) is 0 Å². The molecule has 1 N–H and O–H groups in total. The molecule has 0 aliphatic carbocycles. The first-order valence-electron chi connectivity index (χ1n) is 8.04. The second-order valence-corrected chi connectivity index (χ2v) is 7.73. The number of nitrogens with zero attached hydrogens (tertiary/aromatic N) is 2. The molecule has 1 fully saturated rings. The van der Waals surface area contributed by atoms with E-state index in [4.69, 9.17) is 0 Å². The van der Waals surface area contributed by atoms with E-state index < -0.39 is 10.0 Å². The van der Waals surface area contributed by atoms with Gasteiger partial charge < -0.3 is 10.2 Å². The van der Waals surface area contributed by atoms with Gasteiger partial charge in [0.15, 0.2) is 0 Å². The number of carbonyl (C=O) groups is 1. The minimum absolute atomic E-state index is 0.110. The normalized spacial score (nSPS) is 16.9. The summed E-state index contributed by atoms with van der Waals surface area (Å²) in [6.45, 7) is 6.28. The lowest BCUT2D eigenvalue weighted by molar-refractivity contribution is 0.200. The van der Waals surface area contributed by atoms with Gasteiger partial charge in [0.2, 0.25) is 10.0 Å². The molecule has 2 amide bonds. The fourth-order valence-corrected chi connectivity index (χ4v) is 4.18. The van der Waals surface area contributed by atoms with Gasteiger partial charge in [0, 0.05) is 32.7 Å². The molecule has 0 atom stereocenters. The van der Waals surface area contributed by atoms with Crippen molar-refractivity contribution in [2.75, 3.05) is 32.7 Å². The van der Waals surface area contributed by atoms with E-state index in [1.807, 2.05) is 19.9 Å². The van der Waals surface area contributed by atoms with E-state index >= 15 is 0 Å². The Morgan fingerprint density at radius 3 is 2.70 bits per heavy atom. The summed E-state index contributed by atoms with van der Waals surface area (Å²) in [6.07, 6.45) is 1.53. The Morgan fingerprint density at radius 2 is 2.00 bits per heavy atom. The van der Waals surface area contributed by atoms with Crippen molar-refractivity contribution in [3.63, 3.8) is 0 Å². The van der Waals surface area contributed by atoms with Crippen LogP contribution in [-0.4, -0.2) is 56.4 Å². The lowest BCUT2D eigenvalue weighted by Crippen LogP contribution is -2.42. The highest BCUT2D eigenvalue weighted by atomic mass is 32.2. The van der Waals surface area contributed by atoms with Crippen molar-refractivity contribution in [3.8, 4) is 0 Å². The highest BCUT2D eigenvalue weighted by molar-refractivity contribution is 7.89. The van der Waals surface area contributed by atoms with Gasteiger partial charge in [0.05, 0.1) is 4.90 Å². The summed E-state index contributed by atoms with van der Waals surface area (Å²) >= 11 is 0. The van der Waals surface area contributed by atoms with Gasteiger partial charge in [-0.05, 0) is 37.5 Å². The Morgan fingerprint density at radius 1 is 1.22 bits per heavy atom.